The number of halogens is 1. The van der Waals surface area contributed by atoms with Crippen LogP contribution in [0.25, 0.3) is 0 Å². The van der Waals surface area contributed by atoms with Crippen LogP contribution in [0.15, 0.2) is 24.3 Å². The predicted molar refractivity (Wildman–Crippen MR) is 67.5 cm³/mol. The number of rotatable bonds is 10. The Hall–Kier alpha value is -1.17. The van der Waals surface area contributed by atoms with E-state index in [4.69, 9.17) is 14.2 Å². The average molecular weight is 257 g/mol. The van der Waals surface area contributed by atoms with Crippen LogP contribution in [0.4, 0.5) is 4.39 Å². The fourth-order valence-electron chi connectivity index (χ4n) is 1.29. The van der Waals surface area contributed by atoms with E-state index < -0.39 is 0 Å². The molecule has 0 bridgehead atoms. The maximum absolute atomic E-state index is 12.6. The third kappa shape index (κ3) is 7.21. The van der Waals surface area contributed by atoms with Gasteiger partial charge in [-0.05, 0) is 24.3 Å². The van der Waals surface area contributed by atoms with Crippen LogP contribution in [-0.4, -0.2) is 46.6 Å². The van der Waals surface area contributed by atoms with Gasteiger partial charge in [-0.25, -0.2) is 4.39 Å². The number of hydrogen-bond acceptors (Lipinski definition) is 4. The van der Waals surface area contributed by atoms with Crippen LogP contribution < -0.4 is 10.1 Å². The Kier molecular flexibility index (Phi) is 8.12. The van der Waals surface area contributed by atoms with Crippen molar-refractivity contribution in [3.05, 3.63) is 30.1 Å². The molecule has 5 heteroatoms. The highest BCUT2D eigenvalue weighted by atomic mass is 19.1. The minimum Gasteiger partial charge on any atom is -0.491 e. The quantitative estimate of drug-likeness (QED) is 0.644. The van der Waals surface area contributed by atoms with Gasteiger partial charge in [0, 0.05) is 20.2 Å². The summed E-state index contributed by atoms with van der Waals surface area (Å²) in [7, 11) is 1.67. The van der Waals surface area contributed by atoms with E-state index in [1.807, 2.05) is 0 Å². The summed E-state index contributed by atoms with van der Waals surface area (Å²) >= 11 is 0. The molecule has 0 spiro atoms. The highest BCUT2D eigenvalue weighted by molar-refractivity contribution is 5.21. The van der Waals surface area contributed by atoms with Gasteiger partial charge in [-0.3, -0.25) is 0 Å². The summed E-state index contributed by atoms with van der Waals surface area (Å²) in [5, 5.41) is 3.17. The second-order valence-corrected chi connectivity index (χ2v) is 3.66. The minimum atomic E-state index is -0.263. The molecule has 0 unspecified atom stereocenters. The van der Waals surface area contributed by atoms with Crippen molar-refractivity contribution in [2.45, 2.75) is 0 Å². The van der Waals surface area contributed by atoms with Crippen LogP contribution in [0, 0.1) is 5.82 Å². The van der Waals surface area contributed by atoms with Crippen molar-refractivity contribution in [2.75, 3.05) is 46.6 Å². The highest BCUT2D eigenvalue weighted by Gasteiger charge is 1.94. The lowest BCUT2D eigenvalue weighted by atomic mass is 10.3. The van der Waals surface area contributed by atoms with Gasteiger partial charge in [0.25, 0.3) is 0 Å². The monoisotopic (exact) mass is 257 g/mol. The molecule has 102 valence electrons. The van der Waals surface area contributed by atoms with Gasteiger partial charge in [-0.1, -0.05) is 0 Å². The van der Waals surface area contributed by atoms with Gasteiger partial charge in [-0.2, -0.15) is 0 Å². The zero-order valence-corrected chi connectivity index (χ0v) is 10.7. The van der Waals surface area contributed by atoms with Crippen molar-refractivity contribution in [1.29, 1.82) is 0 Å². The summed E-state index contributed by atoms with van der Waals surface area (Å²) in [6.07, 6.45) is 0. The molecule has 0 aromatic heterocycles. The van der Waals surface area contributed by atoms with Crippen LogP contribution in [0.3, 0.4) is 0 Å². The van der Waals surface area contributed by atoms with Crippen molar-refractivity contribution < 1.29 is 18.6 Å². The maximum Gasteiger partial charge on any atom is 0.123 e. The van der Waals surface area contributed by atoms with Gasteiger partial charge < -0.3 is 19.5 Å². The first-order chi connectivity index (χ1) is 8.83. The topological polar surface area (TPSA) is 39.7 Å². The first kappa shape index (κ1) is 14.9. The molecule has 0 radical (unpaired) electrons. The smallest absolute Gasteiger partial charge is 0.123 e. The summed E-state index contributed by atoms with van der Waals surface area (Å²) in [4.78, 5) is 0. The fourth-order valence-corrected chi connectivity index (χ4v) is 1.29. The Balaban J connectivity index is 1.91. The number of nitrogens with one attached hydrogen (secondary N) is 1. The van der Waals surface area contributed by atoms with E-state index in [-0.39, 0.29) is 5.82 Å². The van der Waals surface area contributed by atoms with Crippen molar-refractivity contribution in [2.24, 2.45) is 0 Å². The molecule has 0 saturated carbocycles. The number of benzene rings is 1. The van der Waals surface area contributed by atoms with Gasteiger partial charge in [0.2, 0.25) is 0 Å². The Morgan fingerprint density at radius 1 is 1.00 bits per heavy atom. The predicted octanol–water partition coefficient (Wildman–Crippen LogP) is 1.46. The summed E-state index contributed by atoms with van der Waals surface area (Å²) in [5.74, 6) is 0.388. The molecule has 1 aromatic carbocycles. The number of methoxy groups -OCH3 is 1. The maximum atomic E-state index is 12.6. The van der Waals surface area contributed by atoms with Crippen LogP contribution >= 0.6 is 0 Å². The molecule has 1 N–H and O–H groups in total. The van der Waals surface area contributed by atoms with E-state index in [9.17, 15) is 4.39 Å². The first-order valence-electron chi connectivity index (χ1n) is 5.98. The van der Waals surface area contributed by atoms with E-state index >= 15 is 0 Å². The lowest BCUT2D eigenvalue weighted by Crippen LogP contribution is -2.24. The largest absolute Gasteiger partial charge is 0.491 e. The molecule has 0 atom stereocenters. The van der Waals surface area contributed by atoms with Gasteiger partial charge in [0.05, 0.1) is 19.8 Å². The second-order valence-electron chi connectivity index (χ2n) is 3.66. The Labute approximate surface area is 107 Å². The lowest BCUT2D eigenvalue weighted by molar-refractivity contribution is 0.100. The molecule has 4 nitrogen and oxygen atoms in total. The van der Waals surface area contributed by atoms with Crippen molar-refractivity contribution in [1.82, 2.24) is 5.32 Å². The molecule has 0 heterocycles. The third-order valence-electron chi connectivity index (χ3n) is 2.22. The molecular weight excluding hydrogens is 237 g/mol. The summed E-state index contributed by atoms with van der Waals surface area (Å²) < 4.78 is 28.2. The van der Waals surface area contributed by atoms with Crippen molar-refractivity contribution >= 4 is 0 Å². The normalized spacial score (nSPS) is 10.6. The van der Waals surface area contributed by atoms with E-state index in [2.05, 4.69) is 5.32 Å². The van der Waals surface area contributed by atoms with Crippen LogP contribution in [0.5, 0.6) is 5.75 Å². The summed E-state index contributed by atoms with van der Waals surface area (Å²) in [5.41, 5.74) is 0. The highest BCUT2D eigenvalue weighted by Crippen LogP contribution is 2.10. The van der Waals surface area contributed by atoms with Crippen molar-refractivity contribution in [3.63, 3.8) is 0 Å². The third-order valence-corrected chi connectivity index (χ3v) is 2.22. The van der Waals surface area contributed by atoms with Crippen LogP contribution in [0.1, 0.15) is 0 Å². The molecule has 18 heavy (non-hydrogen) atoms. The van der Waals surface area contributed by atoms with Gasteiger partial charge in [-0.15, -0.1) is 0 Å². The molecule has 1 aromatic rings. The molecule has 0 amide bonds. The zero-order valence-electron chi connectivity index (χ0n) is 10.7. The van der Waals surface area contributed by atoms with Crippen LogP contribution in [0.2, 0.25) is 0 Å². The standard InChI is InChI=1S/C13H20FNO3/c1-16-8-6-15-7-9-17-10-11-18-13-4-2-12(14)3-5-13/h2-5,15H,6-11H2,1H3. The molecule has 0 fully saturated rings. The molecule has 0 aliphatic carbocycles. The van der Waals surface area contributed by atoms with Crippen molar-refractivity contribution in [3.8, 4) is 5.75 Å². The molecule has 0 aliphatic rings. The lowest BCUT2D eigenvalue weighted by Gasteiger charge is -2.07. The first-order valence-corrected chi connectivity index (χ1v) is 5.98. The minimum absolute atomic E-state index is 0.263. The SMILES string of the molecule is COCCNCCOCCOc1ccc(F)cc1. The zero-order chi connectivity index (χ0) is 13.1. The Morgan fingerprint density at radius 2 is 1.72 bits per heavy atom. The summed E-state index contributed by atoms with van der Waals surface area (Å²) in [6, 6.07) is 5.94. The molecule has 1 rings (SSSR count). The van der Waals surface area contributed by atoms with E-state index in [0.717, 1.165) is 13.1 Å². The van der Waals surface area contributed by atoms with E-state index in [1.165, 1.54) is 12.1 Å². The van der Waals surface area contributed by atoms with E-state index in [0.29, 0.717) is 32.2 Å². The van der Waals surface area contributed by atoms with Crippen LogP contribution in [-0.2, 0) is 9.47 Å². The Bertz CT molecular complexity index is 306. The summed E-state index contributed by atoms with van der Waals surface area (Å²) in [6.45, 7) is 3.93. The average Bonchev–Trinajstić information content (AvgIpc) is 2.39. The second kappa shape index (κ2) is 9.82. The van der Waals surface area contributed by atoms with E-state index in [1.54, 1.807) is 19.2 Å². The number of hydrogen-bond donors (Lipinski definition) is 1. The Morgan fingerprint density at radius 3 is 2.44 bits per heavy atom. The van der Waals surface area contributed by atoms with Gasteiger partial charge in [0.1, 0.15) is 18.2 Å². The molecular formula is C13H20FNO3. The molecule has 0 saturated heterocycles. The molecule has 0 aliphatic heterocycles. The van der Waals surface area contributed by atoms with Gasteiger partial charge in [0.15, 0.2) is 0 Å². The van der Waals surface area contributed by atoms with Gasteiger partial charge >= 0.3 is 0 Å². The number of ether oxygens (including phenoxy) is 3. The fraction of sp³-hybridized carbons (Fsp3) is 0.538.